The van der Waals surface area contributed by atoms with Crippen LogP contribution in [0.4, 0.5) is 14.5 Å². The van der Waals surface area contributed by atoms with Crippen molar-refractivity contribution in [3.05, 3.63) is 71.8 Å². The number of para-hydroxylation sites is 1. The second kappa shape index (κ2) is 8.75. The molecule has 1 saturated heterocycles. The monoisotopic (exact) mass is 385 g/mol. The number of amides is 2. The van der Waals surface area contributed by atoms with Crippen molar-refractivity contribution < 1.29 is 18.4 Å². The maximum Gasteiger partial charge on any atom is 0.250 e. The molecule has 5 nitrogen and oxygen atoms in total. The van der Waals surface area contributed by atoms with Gasteiger partial charge in [0.1, 0.15) is 5.54 Å². The van der Waals surface area contributed by atoms with Crippen molar-refractivity contribution in [1.82, 2.24) is 10.6 Å². The topological polar surface area (TPSA) is 70.2 Å². The van der Waals surface area contributed by atoms with E-state index >= 15 is 0 Å². The van der Waals surface area contributed by atoms with Crippen LogP contribution in [0.5, 0.6) is 0 Å². The predicted molar refractivity (Wildman–Crippen MR) is 103 cm³/mol. The highest BCUT2D eigenvalue weighted by molar-refractivity contribution is 6.03. The average molecular weight is 385 g/mol. The summed E-state index contributed by atoms with van der Waals surface area (Å²) in [7, 11) is 0. The van der Waals surface area contributed by atoms with Crippen molar-refractivity contribution >= 4 is 23.6 Å². The highest BCUT2D eigenvalue weighted by Gasteiger charge is 2.40. The van der Waals surface area contributed by atoms with Gasteiger partial charge in [-0.2, -0.15) is 0 Å². The van der Waals surface area contributed by atoms with Crippen molar-refractivity contribution in [1.29, 1.82) is 0 Å². The van der Waals surface area contributed by atoms with Crippen LogP contribution in [-0.4, -0.2) is 30.4 Å². The molecule has 0 aromatic heterocycles. The molecule has 3 rings (SSSR count). The zero-order chi connectivity index (χ0) is 20.0. The minimum atomic E-state index is -1.05. The van der Waals surface area contributed by atoms with Crippen LogP contribution in [0.2, 0.25) is 0 Å². The molecule has 0 aliphatic carbocycles. The van der Waals surface area contributed by atoms with Gasteiger partial charge in [0.25, 0.3) is 0 Å². The molecule has 0 unspecified atom stereocenters. The van der Waals surface area contributed by atoms with Crippen molar-refractivity contribution in [2.45, 2.75) is 18.4 Å². The molecule has 28 heavy (non-hydrogen) atoms. The molecule has 0 atom stereocenters. The molecule has 1 fully saturated rings. The number of nitrogens with one attached hydrogen (secondary N) is 3. The third-order valence-corrected chi connectivity index (χ3v) is 4.66. The SMILES string of the molecule is O=C(/C=C/c1ccc(F)c(F)c1)NC1(C(=O)Nc2ccccc2)CCNCC1. The number of hydrogen-bond donors (Lipinski definition) is 3. The first-order chi connectivity index (χ1) is 13.5. The number of anilines is 1. The fourth-order valence-electron chi connectivity index (χ4n) is 3.10. The molecule has 3 N–H and O–H groups in total. The van der Waals surface area contributed by atoms with E-state index in [2.05, 4.69) is 16.0 Å². The molecule has 2 aromatic carbocycles. The first-order valence-corrected chi connectivity index (χ1v) is 9.01. The van der Waals surface area contributed by atoms with Gasteiger partial charge in [-0.25, -0.2) is 8.78 Å². The normalized spacial score (nSPS) is 15.9. The van der Waals surface area contributed by atoms with E-state index in [-0.39, 0.29) is 5.91 Å². The third kappa shape index (κ3) is 4.80. The number of piperidine rings is 1. The fraction of sp³-hybridized carbons (Fsp3) is 0.238. The Kier molecular flexibility index (Phi) is 6.16. The molecule has 2 amide bonds. The number of hydrogen-bond acceptors (Lipinski definition) is 3. The molecule has 1 aliphatic rings. The van der Waals surface area contributed by atoms with E-state index in [4.69, 9.17) is 0 Å². The summed E-state index contributed by atoms with van der Waals surface area (Å²) in [6.07, 6.45) is 3.47. The van der Waals surface area contributed by atoms with E-state index in [1.54, 1.807) is 12.1 Å². The Bertz CT molecular complexity index is 878. The minimum absolute atomic E-state index is 0.283. The summed E-state index contributed by atoms with van der Waals surface area (Å²) in [6, 6.07) is 12.4. The van der Waals surface area contributed by atoms with Crippen molar-refractivity contribution in [3.8, 4) is 0 Å². The zero-order valence-corrected chi connectivity index (χ0v) is 15.2. The van der Waals surface area contributed by atoms with Gasteiger partial charge in [0, 0.05) is 11.8 Å². The molecule has 0 saturated carbocycles. The van der Waals surface area contributed by atoms with E-state index in [1.165, 1.54) is 18.2 Å². The number of halogens is 2. The van der Waals surface area contributed by atoms with Gasteiger partial charge < -0.3 is 16.0 Å². The standard InChI is InChI=1S/C21H21F2N3O2/c22-17-8-6-15(14-18(17)23)7-9-19(27)26-21(10-12-24-13-11-21)20(28)25-16-4-2-1-3-5-16/h1-9,14,24H,10-13H2,(H,25,28)(H,26,27)/b9-7+. The van der Waals surface area contributed by atoms with Crippen LogP contribution in [0.25, 0.3) is 6.08 Å². The summed E-state index contributed by atoms with van der Waals surface area (Å²) < 4.78 is 26.3. The number of carbonyl (C=O) groups excluding carboxylic acids is 2. The Labute approximate surface area is 161 Å². The largest absolute Gasteiger partial charge is 0.338 e. The Morgan fingerprint density at radius 3 is 2.39 bits per heavy atom. The lowest BCUT2D eigenvalue weighted by Crippen LogP contribution is -2.61. The fourth-order valence-corrected chi connectivity index (χ4v) is 3.10. The summed E-state index contributed by atoms with van der Waals surface area (Å²) in [5, 5.41) is 8.83. The van der Waals surface area contributed by atoms with E-state index < -0.39 is 23.1 Å². The van der Waals surface area contributed by atoms with Crippen LogP contribution < -0.4 is 16.0 Å². The van der Waals surface area contributed by atoms with Crippen LogP contribution in [0.1, 0.15) is 18.4 Å². The summed E-state index contributed by atoms with van der Waals surface area (Å²) in [5.41, 5.74) is -0.0459. The summed E-state index contributed by atoms with van der Waals surface area (Å²) in [4.78, 5) is 25.3. The van der Waals surface area contributed by atoms with Gasteiger partial charge in [0.05, 0.1) is 0 Å². The smallest absolute Gasteiger partial charge is 0.250 e. The molecule has 0 bridgehead atoms. The third-order valence-electron chi connectivity index (χ3n) is 4.66. The van der Waals surface area contributed by atoms with Crippen molar-refractivity contribution in [2.75, 3.05) is 18.4 Å². The lowest BCUT2D eigenvalue weighted by atomic mass is 9.87. The van der Waals surface area contributed by atoms with Crippen molar-refractivity contribution in [3.63, 3.8) is 0 Å². The highest BCUT2D eigenvalue weighted by atomic mass is 19.2. The number of rotatable bonds is 5. The van der Waals surface area contributed by atoms with Gasteiger partial charge in [-0.3, -0.25) is 9.59 Å². The van der Waals surface area contributed by atoms with E-state index in [0.717, 1.165) is 12.1 Å². The molecule has 0 radical (unpaired) electrons. The quantitative estimate of drug-likeness (QED) is 0.694. The summed E-state index contributed by atoms with van der Waals surface area (Å²) >= 11 is 0. The van der Waals surface area contributed by atoms with Crippen LogP contribution in [-0.2, 0) is 9.59 Å². The molecule has 1 aliphatic heterocycles. The van der Waals surface area contributed by atoms with Gasteiger partial charge >= 0.3 is 0 Å². The lowest BCUT2D eigenvalue weighted by Gasteiger charge is -2.36. The van der Waals surface area contributed by atoms with E-state index in [1.807, 2.05) is 18.2 Å². The maximum atomic E-state index is 13.3. The Hall–Kier alpha value is -3.06. The van der Waals surface area contributed by atoms with Gasteiger partial charge in [0.15, 0.2) is 11.6 Å². The number of benzene rings is 2. The van der Waals surface area contributed by atoms with Gasteiger partial charge in [0.2, 0.25) is 11.8 Å². The molecule has 7 heteroatoms. The Morgan fingerprint density at radius 1 is 1.00 bits per heavy atom. The van der Waals surface area contributed by atoms with E-state index in [0.29, 0.717) is 37.2 Å². The molecule has 1 heterocycles. The zero-order valence-electron chi connectivity index (χ0n) is 15.2. The Balaban J connectivity index is 1.72. The first-order valence-electron chi connectivity index (χ1n) is 9.01. The van der Waals surface area contributed by atoms with E-state index in [9.17, 15) is 18.4 Å². The summed E-state index contributed by atoms with van der Waals surface area (Å²) in [5.74, 6) is -2.70. The average Bonchev–Trinajstić information content (AvgIpc) is 2.70. The van der Waals surface area contributed by atoms with Gasteiger partial charge in [-0.1, -0.05) is 24.3 Å². The van der Waals surface area contributed by atoms with Crippen LogP contribution >= 0.6 is 0 Å². The molecule has 146 valence electrons. The maximum absolute atomic E-state index is 13.3. The highest BCUT2D eigenvalue weighted by Crippen LogP contribution is 2.21. The minimum Gasteiger partial charge on any atom is -0.338 e. The lowest BCUT2D eigenvalue weighted by molar-refractivity contribution is -0.129. The van der Waals surface area contributed by atoms with Crippen molar-refractivity contribution in [2.24, 2.45) is 0 Å². The second-order valence-electron chi connectivity index (χ2n) is 6.65. The molecular formula is C21H21F2N3O2. The molecule has 0 spiro atoms. The Morgan fingerprint density at radius 2 is 1.71 bits per heavy atom. The second-order valence-corrected chi connectivity index (χ2v) is 6.65. The summed E-state index contributed by atoms with van der Waals surface area (Å²) in [6.45, 7) is 1.19. The molecular weight excluding hydrogens is 364 g/mol. The predicted octanol–water partition coefficient (Wildman–Crippen LogP) is 2.86. The van der Waals surface area contributed by atoms with Crippen LogP contribution in [0.3, 0.4) is 0 Å². The van der Waals surface area contributed by atoms with Gasteiger partial charge in [-0.15, -0.1) is 0 Å². The van der Waals surface area contributed by atoms with Gasteiger partial charge in [-0.05, 0) is 61.8 Å². The van der Waals surface area contributed by atoms with Crippen LogP contribution in [0, 0.1) is 11.6 Å². The number of carbonyl (C=O) groups is 2. The first kappa shape index (κ1) is 19.7. The van der Waals surface area contributed by atoms with Crippen LogP contribution in [0.15, 0.2) is 54.6 Å². The molecule has 2 aromatic rings.